The number of anilines is 2. The third-order valence-electron chi connectivity index (χ3n) is 7.02. The number of halogens is 1. The number of likely N-dealkylation sites (tertiary alicyclic amines) is 1. The highest BCUT2D eigenvalue weighted by atomic mass is 19.1. The van der Waals surface area contributed by atoms with Gasteiger partial charge in [0, 0.05) is 43.5 Å². The molecular formula is C25H30FN5O3. The number of hydrazone groups is 1. The predicted octanol–water partition coefficient (Wildman–Crippen LogP) is 2.41. The molecule has 1 amide bonds. The number of ether oxygens (including phenoxy) is 1. The zero-order valence-electron chi connectivity index (χ0n) is 19.9. The molecule has 2 atom stereocenters. The number of aliphatic hydroxyl groups is 1. The van der Waals surface area contributed by atoms with E-state index >= 15 is 0 Å². The molecule has 0 saturated carbocycles. The van der Waals surface area contributed by atoms with Gasteiger partial charge in [-0.2, -0.15) is 5.10 Å². The maximum absolute atomic E-state index is 15.0. The number of carbonyl (C=O) groups is 1. The fourth-order valence-electron chi connectivity index (χ4n) is 5.16. The third kappa shape index (κ3) is 3.69. The molecule has 0 spiro atoms. The number of carbonyl (C=O) groups excluding carboxylic acids is 1. The fraction of sp³-hybridized carbons (Fsp3) is 0.440. The van der Waals surface area contributed by atoms with Gasteiger partial charge in [-0.25, -0.2) is 9.82 Å². The number of amides is 1. The highest BCUT2D eigenvalue weighted by Crippen LogP contribution is 2.46. The van der Waals surface area contributed by atoms with Crippen LogP contribution in [-0.2, 0) is 4.79 Å². The van der Waals surface area contributed by atoms with Gasteiger partial charge in [-0.15, -0.1) is 0 Å². The van der Waals surface area contributed by atoms with Gasteiger partial charge < -0.3 is 19.6 Å². The van der Waals surface area contributed by atoms with Crippen molar-refractivity contribution in [3.05, 3.63) is 42.2 Å². The maximum Gasteiger partial charge on any atom is 0.262 e. The number of amidine groups is 1. The number of nitrogens with one attached hydrogen (secondary N) is 1. The molecule has 2 aromatic rings. The molecule has 2 N–H and O–H groups in total. The van der Waals surface area contributed by atoms with Crippen molar-refractivity contribution in [2.24, 2.45) is 5.10 Å². The Balaban J connectivity index is 1.61. The van der Waals surface area contributed by atoms with E-state index in [1.807, 2.05) is 37.1 Å². The lowest BCUT2D eigenvalue weighted by Gasteiger charge is -2.54. The zero-order chi connectivity index (χ0) is 24.2. The standard InChI is InChI=1S/C25H30FN5O3/c1-15(32)11-30-13-25(3,14-30)29(4)20-10-21-22(9-18(20)17-7-5-6-8-19(17)26)34-12-23-27-28-24(33)16(2)31(21)23/h5-10,15-16,32H,11-14H2,1-4H3,(H,28,33)/t15-,16-/m1/s1. The van der Waals surface area contributed by atoms with E-state index in [9.17, 15) is 14.3 Å². The second-order valence-electron chi connectivity index (χ2n) is 9.73. The number of likely N-dealkylation sites (N-methyl/N-ethyl adjacent to an activating group) is 1. The molecule has 0 bridgehead atoms. The minimum atomic E-state index is -0.451. The summed E-state index contributed by atoms with van der Waals surface area (Å²) < 4.78 is 21.0. The quantitative estimate of drug-likeness (QED) is 0.703. The average molecular weight is 468 g/mol. The van der Waals surface area contributed by atoms with Gasteiger partial charge in [-0.05, 0) is 39.0 Å². The number of rotatable bonds is 5. The van der Waals surface area contributed by atoms with Gasteiger partial charge in [0.2, 0.25) is 0 Å². The van der Waals surface area contributed by atoms with Crippen LogP contribution in [-0.4, -0.2) is 72.7 Å². The topological polar surface area (TPSA) is 80.6 Å². The van der Waals surface area contributed by atoms with E-state index in [2.05, 4.69) is 27.3 Å². The largest absolute Gasteiger partial charge is 0.483 e. The summed E-state index contributed by atoms with van der Waals surface area (Å²) in [6, 6.07) is 10.1. The molecule has 9 heteroatoms. The monoisotopic (exact) mass is 467 g/mol. The summed E-state index contributed by atoms with van der Waals surface area (Å²) >= 11 is 0. The minimum Gasteiger partial charge on any atom is -0.483 e. The molecule has 180 valence electrons. The van der Waals surface area contributed by atoms with Gasteiger partial charge >= 0.3 is 0 Å². The van der Waals surface area contributed by atoms with E-state index in [1.165, 1.54) is 6.07 Å². The summed E-state index contributed by atoms with van der Waals surface area (Å²) in [5.41, 5.74) is 5.13. The van der Waals surface area contributed by atoms with Gasteiger partial charge in [0.1, 0.15) is 24.2 Å². The molecule has 3 aliphatic rings. The summed E-state index contributed by atoms with van der Waals surface area (Å²) in [7, 11) is 2.01. The van der Waals surface area contributed by atoms with Crippen LogP contribution in [0.4, 0.5) is 15.8 Å². The lowest BCUT2D eigenvalue weighted by Crippen LogP contribution is -2.68. The van der Waals surface area contributed by atoms with E-state index in [1.54, 1.807) is 19.1 Å². The number of nitrogens with zero attached hydrogens (tertiary/aromatic N) is 4. The number of benzene rings is 2. The van der Waals surface area contributed by atoms with Crippen molar-refractivity contribution in [1.82, 2.24) is 10.3 Å². The van der Waals surface area contributed by atoms with Crippen LogP contribution in [0.25, 0.3) is 11.1 Å². The first-order chi connectivity index (χ1) is 16.2. The van der Waals surface area contributed by atoms with E-state index < -0.39 is 12.1 Å². The van der Waals surface area contributed by atoms with Crippen molar-refractivity contribution in [1.29, 1.82) is 0 Å². The van der Waals surface area contributed by atoms with Gasteiger partial charge in [0.25, 0.3) is 5.91 Å². The normalized spacial score (nSPS) is 21.9. The molecule has 1 fully saturated rings. The number of fused-ring (bicyclic) bond motifs is 3. The molecule has 34 heavy (non-hydrogen) atoms. The Morgan fingerprint density at radius 2 is 2.06 bits per heavy atom. The SMILES string of the molecule is C[C@@H]1C(=O)NN=C2COc3cc(-c4ccccc4F)c(N(C)C4(C)CN(C[C@@H](C)O)C4)cc3N21. The molecule has 0 unspecified atom stereocenters. The molecule has 2 aromatic carbocycles. The van der Waals surface area contributed by atoms with Gasteiger partial charge in [-0.3, -0.25) is 9.69 Å². The van der Waals surface area contributed by atoms with Crippen molar-refractivity contribution >= 4 is 23.1 Å². The predicted molar refractivity (Wildman–Crippen MR) is 130 cm³/mol. The van der Waals surface area contributed by atoms with Crippen molar-refractivity contribution in [2.75, 3.05) is 43.1 Å². The maximum atomic E-state index is 15.0. The first kappa shape index (κ1) is 22.6. The third-order valence-corrected chi connectivity index (χ3v) is 7.02. The first-order valence-electron chi connectivity index (χ1n) is 11.5. The number of aliphatic hydroxyl groups excluding tert-OH is 1. The van der Waals surface area contributed by atoms with Crippen LogP contribution in [0.3, 0.4) is 0 Å². The molecule has 8 nitrogen and oxygen atoms in total. The molecule has 3 heterocycles. The summed E-state index contributed by atoms with van der Waals surface area (Å²) in [5, 5.41) is 13.9. The second kappa shape index (κ2) is 8.25. The Morgan fingerprint density at radius 1 is 1.32 bits per heavy atom. The highest BCUT2D eigenvalue weighted by Gasteiger charge is 2.44. The molecule has 0 aliphatic carbocycles. The van der Waals surface area contributed by atoms with Crippen LogP contribution in [0.1, 0.15) is 20.8 Å². The number of β-amino-alcohol motifs (C(OH)–C–C–N with tert-alkyl or cyclic N) is 1. The zero-order valence-corrected chi connectivity index (χ0v) is 19.9. The van der Waals surface area contributed by atoms with Crippen LogP contribution in [0.5, 0.6) is 5.75 Å². The van der Waals surface area contributed by atoms with Gasteiger partial charge in [0.05, 0.1) is 17.3 Å². The average Bonchev–Trinajstić information content (AvgIpc) is 2.78. The van der Waals surface area contributed by atoms with Gasteiger partial charge in [-0.1, -0.05) is 18.2 Å². The van der Waals surface area contributed by atoms with Crippen LogP contribution in [0.15, 0.2) is 41.5 Å². The number of hydrogen-bond acceptors (Lipinski definition) is 7. The first-order valence-corrected chi connectivity index (χ1v) is 11.5. The molecule has 3 aliphatic heterocycles. The Bertz CT molecular complexity index is 1160. The van der Waals surface area contributed by atoms with E-state index in [0.29, 0.717) is 23.7 Å². The fourth-order valence-corrected chi connectivity index (χ4v) is 5.16. The molecular weight excluding hydrogens is 437 g/mol. The van der Waals surface area contributed by atoms with Crippen LogP contribution < -0.4 is 20.0 Å². The lowest BCUT2D eigenvalue weighted by atomic mass is 9.88. The van der Waals surface area contributed by atoms with Crippen LogP contribution in [0.2, 0.25) is 0 Å². The van der Waals surface area contributed by atoms with E-state index in [4.69, 9.17) is 4.74 Å². The van der Waals surface area contributed by atoms with E-state index in [-0.39, 0.29) is 23.9 Å². The Morgan fingerprint density at radius 3 is 2.76 bits per heavy atom. The van der Waals surface area contributed by atoms with Crippen molar-refractivity contribution in [3.8, 4) is 16.9 Å². The molecule has 0 aromatic heterocycles. The summed E-state index contributed by atoms with van der Waals surface area (Å²) in [5.74, 6) is 0.718. The summed E-state index contributed by atoms with van der Waals surface area (Å²) in [4.78, 5) is 18.6. The summed E-state index contributed by atoms with van der Waals surface area (Å²) in [6.07, 6.45) is -0.394. The lowest BCUT2D eigenvalue weighted by molar-refractivity contribution is -0.122. The Hall–Kier alpha value is -3.17. The molecule has 1 saturated heterocycles. The molecule has 0 radical (unpaired) electrons. The smallest absolute Gasteiger partial charge is 0.262 e. The van der Waals surface area contributed by atoms with Crippen molar-refractivity contribution in [3.63, 3.8) is 0 Å². The Kier molecular flexibility index (Phi) is 5.49. The minimum absolute atomic E-state index is 0.190. The van der Waals surface area contributed by atoms with Crippen molar-refractivity contribution in [2.45, 2.75) is 38.5 Å². The highest BCUT2D eigenvalue weighted by molar-refractivity contribution is 6.10. The van der Waals surface area contributed by atoms with Crippen LogP contribution in [0, 0.1) is 5.82 Å². The van der Waals surface area contributed by atoms with Crippen molar-refractivity contribution < 1.29 is 19.0 Å². The summed E-state index contributed by atoms with van der Waals surface area (Å²) in [6.45, 7) is 8.15. The van der Waals surface area contributed by atoms with E-state index in [0.717, 1.165) is 30.0 Å². The van der Waals surface area contributed by atoms with Crippen LogP contribution >= 0.6 is 0 Å². The second-order valence-corrected chi connectivity index (χ2v) is 9.73. The number of hydrogen-bond donors (Lipinski definition) is 2. The Labute approximate surface area is 198 Å². The van der Waals surface area contributed by atoms with Gasteiger partial charge in [0.15, 0.2) is 5.84 Å². The molecule has 5 rings (SSSR count).